The van der Waals surface area contributed by atoms with Crippen LogP contribution in [0.4, 0.5) is 5.13 Å². The first-order valence-electron chi connectivity index (χ1n) is 9.05. The number of ether oxygens (including phenoxy) is 1. The molecule has 0 radical (unpaired) electrons. The zero-order valence-electron chi connectivity index (χ0n) is 16.9. The van der Waals surface area contributed by atoms with E-state index in [0.29, 0.717) is 10.3 Å². The second-order valence-electron chi connectivity index (χ2n) is 6.42. The second-order valence-corrected chi connectivity index (χ2v) is 8.52. The highest BCUT2D eigenvalue weighted by molar-refractivity contribution is 8.13. The summed E-state index contributed by atoms with van der Waals surface area (Å²) in [6.07, 6.45) is 3.45. The number of aliphatic imine (C=N–C) groups is 1. The van der Waals surface area contributed by atoms with E-state index >= 15 is 0 Å². The third-order valence-electron chi connectivity index (χ3n) is 4.12. The minimum absolute atomic E-state index is 0.139. The molecule has 1 aromatic heterocycles. The fourth-order valence-electron chi connectivity index (χ4n) is 2.63. The third kappa shape index (κ3) is 5.49. The second kappa shape index (κ2) is 9.60. The van der Waals surface area contributed by atoms with Gasteiger partial charge in [-0.2, -0.15) is 0 Å². The number of amides is 1. The normalized spacial score (nSPS) is 11.8. The molecule has 1 heterocycles. The molecule has 3 N–H and O–H groups in total. The van der Waals surface area contributed by atoms with Crippen molar-refractivity contribution in [3.63, 3.8) is 0 Å². The van der Waals surface area contributed by atoms with Crippen molar-refractivity contribution in [3.8, 4) is 5.75 Å². The van der Waals surface area contributed by atoms with Gasteiger partial charge in [0.15, 0.2) is 10.3 Å². The molecule has 3 aromatic rings. The Balaban J connectivity index is 1.68. The molecule has 8 heteroatoms. The van der Waals surface area contributed by atoms with E-state index in [-0.39, 0.29) is 5.91 Å². The summed E-state index contributed by atoms with van der Waals surface area (Å²) in [5, 5.41) is 3.73. The molecule has 30 heavy (non-hydrogen) atoms. The Labute approximate surface area is 183 Å². The van der Waals surface area contributed by atoms with Gasteiger partial charge in [0.2, 0.25) is 5.91 Å². The molecule has 0 fully saturated rings. The summed E-state index contributed by atoms with van der Waals surface area (Å²) < 4.78 is 6.19. The predicted octanol–water partition coefficient (Wildman–Crippen LogP) is 5.21. The largest absolute Gasteiger partial charge is 0.497 e. The predicted molar refractivity (Wildman–Crippen MR) is 127 cm³/mol. The van der Waals surface area contributed by atoms with Crippen LogP contribution in [0.25, 0.3) is 15.8 Å². The summed E-state index contributed by atoms with van der Waals surface area (Å²) in [7, 11) is 1.64. The minimum Gasteiger partial charge on any atom is -0.497 e. The van der Waals surface area contributed by atoms with E-state index < -0.39 is 0 Å². The van der Waals surface area contributed by atoms with Crippen LogP contribution in [-0.2, 0) is 4.79 Å². The van der Waals surface area contributed by atoms with Crippen LogP contribution in [0.5, 0.6) is 5.75 Å². The van der Waals surface area contributed by atoms with Crippen molar-refractivity contribution in [2.45, 2.75) is 18.7 Å². The first-order valence-corrected chi connectivity index (χ1v) is 10.7. The van der Waals surface area contributed by atoms with Crippen molar-refractivity contribution in [1.29, 1.82) is 0 Å². The number of anilines is 1. The Hall–Kier alpha value is -3.10. The molecule has 0 bridgehead atoms. The summed E-state index contributed by atoms with van der Waals surface area (Å²) in [6.45, 7) is 7.56. The number of nitrogens with one attached hydrogen (secondary N) is 1. The molecule has 0 aliphatic carbocycles. The summed E-state index contributed by atoms with van der Waals surface area (Å²) >= 11 is 2.82. The zero-order valence-corrected chi connectivity index (χ0v) is 18.6. The lowest BCUT2D eigenvalue weighted by Crippen LogP contribution is -2.05. The van der Waals surface area contributed by atoms with Gasteiger partial charge in [0.1, 0.15) is 5.75 Å². The van der Waals surface area contributed by atoms with Crippen LogP contribution < -0.4 is 15.8 Å². The molecule has 154 valence electrons. The Bertz CT molecular complexity index is 1170. The number of aromatic nitrogens is 1. The maximum atomic E-state index is 11.2. The molecular weight excluding hydrogens is 416 g/mol. The molecule has 0 saturated carbocycles. The Morgan fingerprint density at radius 2 is 2.13 bits per heavy atom. The molecule has 1 amide bonds. The number of allylic oxidation sites excluding steroid dienone is 2. The standard InChI is InChI=1S/C22H22N4O2S2/c1-13(16-5-7-18-20(12-16)30-22(26-18)25-15(3)27)9-10-24-21(23)29-19-8-6-17(28-4)11-14(19)2/h5-12H,1H2,2-4H3,(H2,23,24)(H,25,26,27)/b10-9-. The van der Waals surface area contributed by atoms with Crippen molar-refractivity contribution < 1.29 is 9.53 Å². The topological polar surface area (TPSA) is 89.6 Å². The van der Waals surface area contributed by atoms with Gasteiger partial charge in [-0.05, 0) is 60.0 Å². The smallest absolute Gasteiger partial charge is 0.223 e. The molecule has 6 nitrogen and oxygen atoms in total. The minimum atomic E-state index is -0.139. The number of aryl methyl sites for hydroxylation is 1. The maximum Gasteiger partial charge on any atom is 0.223 e. The highest BCUT2D eigenvalue weighted by Crippen LogP contribution is 2.29. The van der Waals surface area contributed by atoms with Gasteiger partial charge in [0.05, 0.1) is 17.3 Å². The van der Waals surface area contributed by atoms with Crippen molar-refractivity contribution >= 4 is 55.1 Å². The highest BCUT2D eigenvalue weighted by atomic mass is 32.2. The van der Waals surface area contributed by atoms with E-state index in [9.17, 15) is 4.79 Å². The average Bonchev–Trinajstić information content (AvgIpc) is 3.09. The molecule has 0 aliphatic rings. The lowest BCUT2D eigenvalue weighted by atomic mass is 10.1. The molecule has 3 rings (SSSR count). The van der Waals surface area contributed by atoms with Crippen molar-refractivity contribution in [1.82, 2.24) is 4.98 Å². The number of fused-ring (bicyclic) bond motifs is 1. The summed E-state index contributed by atoms with van der Waals surface area (Å²) in [6, 6.07) is 11.7. The summed E-state index contributed by atoms with van der Waals surface area (Å²) in [5.74, 6) is 0.672. The van der Waals surface area contributed by atoms with Crippen LogP contribution in [-0.4, -0.2) is 23.2 Å². The van der Waals surface area contributed by atoms with E-state index in [4.69, 9.17) is 10.5 Å². The van der Waals surface area contributed by atoms with Crippen molar-refractivity contribution in [2.75, 3.05) is 12.4 Å². The van der Waals surface area contributed by atoms with E-state index in [1.54, 1.807) is 13.3 Å². The van der Waals surface area contributed by atoms with Gasteiger partial charge in [0.25, 0.3) is 0 Å². The van der Waals surface area contributed by atoms with Gasteiger partial charge in [-0.3, -0.25) is 4.79 Å². The number of rotatable bonds is 6. The molecule has 0 unspecified atom stereocenters. The fourth-order valence-corrected chi connectivity index (χ4v) is 4.27. The average molecular weight is 439 g/mol. The lowest BCUT2D eigenvalue weighted by molar-refractivity contribution is -0.114. The lowest BCUT2D eigenvalue weighted by Gasteiger charge is -2.06. The third-order valence-corrected chi connectivity index (χ3v) is 6.04. The van der Waals surface area contributed by atoms with E-state index in [1.165, 1.54) is 30.0 Å². The van der Waals surface area contributed by atoms with Gasteiger partial charge in [-0.1, -0.05) is 35.7 Å². The molecule has 0 aliphatic heterocycles. The van der Waals surface area contributed by atoms with Crippen LogP contribution in [0.2, 0.25) is 0 Å². The van der Waals surface area contributed by atoms with E-state index in [0.717, 1.165) is 37.6 Å². The number of amidine groups is 1. The maximum absolute atomic E-state index is 11.2. The molecule has 0 saturated heterocycles. The van der Waals surface area contributed by atoms with Gasteiger partial charge in [-0.15, -0.1) is 0 Å². The Morgan fingerprint density at radius 3 is 2.83 bits per heavy atom. The SMILES string of the molecule is C=C(/C=C\N=C(N)Sc1ccc(OC)cc1C)c1ccc2nc(NC(C)=O)sc2c1. The number of nitrogens with two attached hydrogens (primary N) is 1. The van der Waals surface area contributed by atoms with Crippen molar-refractivity contribution in [2.24, 2.45) is 10.7 Å². The van der Waals surface area contributed by atoms with Gasteiger partial charge < -0.3 is 15.8 Å². The number of methoxy groups -OCH3 is 1. The van der Waals surface area contributed by atoms with Gasteiger partial charge in [-0.25, -0.2) is 9.98 Å². The molecular formula is C22H22N4O2S2. The number of carbonyl (C=O) groups excluding carboxylic acids is 1. The zero-order chi connectivity index (χ0) is 21.7. The molecule has 2 aromatic carbocycles. The van der Waals surface area contributed by atoms with Crippen LogP contribution in [0, 0.1) is 6.92 Å². The van der Waals surface area contributed by atoms with Gasteiger partial charge in [0, 0.05) is 18.0 Å². The molecule has 0 spiro atoms. The monoisotopic (exact) mass is 438 g/mol. The molecule has 0 atom stereocenters. The number of carbonyl (C=O) groups is 1. The van der Waals surface area contributed by atoms with Crippen molar-refractivity contribution in [3.05, 3.63) is 66.4 Å². The first-order chi connectivity index (χ1) is 14.4. The van der Waals surface area contributed by atoms with E-state index in [1.807, 2.05) is 49.4 Å². The number of hydrogen-bond acceptors (Lipinski definition) is 6. The van der Waals surface area contributed by atoms with Crippen LogP contribution in [0.1, 0.15) is 18.1 Å². The number of benzene rings is 2. The summed E-state index contributed by atoms with van der Waals surface area (Å²) in [5.41, 5.74) is 9.70. The highest BCUT2D eigenvalue weighted by Gasteiger charge is 2.07. The first kappa shape index (κ1) is 21.6. The van der Waals surface area contributed by atoms with Crippen LogP contribution in [0.3, 0.4) is 0 Å². The summed E-state index contributed by atoms with van der Waals surface area (Å²) in [4.78, 5) is 20.9. The number of hydrogen-bond donors (Lipinski definition) is 2. The fraction of sp³-hybridized carbons (Fsp3) is 0.136. The quantitative estimate of drug-likeness (QED) is 0.239. The number of thioether (sulfide) groups is 1. The van der Waals surface area contributed by atoms with Crippen LogP contribution in [0.15, 0.2) is 65.1 Å². The Kier molecular flexibility index (Phi) is 6.91. The number of thiazole rings is 1. The Morgan fingerprint density at radius 1 is 1.33 bits per heavy atom. The van der Waals surface area contributed by atoms with Crippen LogP contribution >= 0.6 is 23.1 Å². The van der Waals surface area contributed by atoms with Gasteiger partial charge >= 0.3 is 0 Å². The number of nitrogens with zero attached hydrogens (tertiary/aromatic N) is 2. The van der Waals surface area contributed by atoms with E-state index in [2.05, 4.69) is 21.9 Å².